The van der Waals surface area contributed by atoms with Crippen molar-refractivity contribution in [3.63, 3.8) is 0 Å². The van der Waals surface area contributed by atoms with Crippen LogP contribution in [0.2, 0.25) is 5.02 Å². The van der Waals surface area contributed by atoms with Crippen molar-refractivity contribution in [3.05, 3.63) is 87.9 Å². The van der Waals surface area contributed by atoms with Gasteiger partial charge in [-0.2, -0.15) is 5.10 Å². The van der Waals surface area contributed by atoms with Crippen molar-refractivity contribution in [1.82, 2.24) is 14.3 Å². The van der Waals surface area contributed by atoms with Crippen molar-refractivity contribution in [2.45, 2.75) is 6.54 Å². The standard InChI is InChI=1S/C20H16ClN3O/c1-23-10-9-17(21)19(20(23)25)15-7-8-16-12-22-24(18(16)11-15)13-14-5-3-2-4-6-14/h2-12H,13H2,1H3. The second-order valence-electron chi connectivity index (χ2n) is 6.02. The molecule has 0 saturated heterocycles. The largest absolute Gasteiger partial charge is 0.318 e. The van der Waals surface area contributed by atoms with Crippen molar-refractivity contribution in [2.75, 3.05) is 0 Å². The maximum Gasteiger partial charge on any atom is 0.259 e. The summed E-state index contributed by atoms with van der Waals surface area (Å²) in [6, 6.07) is 17.8. The molecule has 0 spiro atoms. The van der Waals surface area contributed by atoms with Crippen LogP contribution in [0.25, 0.3) is 22.0 Å². The van der Waals surface area contributed by atoms with E-state index in [-0.39, 0.29) is 5.56 Å². The van der Waals surface area contributed by atoms with Crippen LogP contribution >= 0.6 is 11.6 Å². The van der Waals surface area contributed by atoms with Crippen molar-refractivity contribution < 1.29 is 0 Å². The van der Waals surface area contributed by atoms with E-state index < -0.39 is 0 Å². The third-order valence-corrected chi connectivity index (χ3v) is 4.64. The van der Waals surface area contributed by atoms with Crippen molar-refractivity contribution in [2.24, 2.45) is 7.05 Å². The molecule has 25 heavy (non-hydrogen) atoms. The van der Waals surface area contributed by atoms with Crippen LogP contribution in [0.1, 0.15) is 5.56 Å². The van der Waals surface area contributed by atoms with Crippen molar-refractivity contribution >= 4 is 22.5 Å². The van der Waals surface area contributed by atoms with Gasteiger partial charge in [0, 0.05) is 18.6 Å². The molecule has 5 heteroatoms. The first-order valence-electron chi connectivity index (χ1n) is 7.98. The molecule has 0 aliphatic rings. The third-order valence-electron chi connectivity index (χ3n) is 4.33. The van der Waals surface area contributed by atoms with E-state index in [9.17, 15) is 4.79 Å². The van der Waals surface area contributed by atoms with E-state index in [0.717, 1.165) is 16.5 Å². The van der Waals surface area contributed by atoms with E-state index in [1.807, 2.05) is 47.3 Å². The van der Waals surface area contributed by atoms with Crippen LogP contribution < -0.4 is 5.56 Å². The number of benzene rings is 2. The molecule has 0 bridgehead atoms. The number of hydrogen-bond acceptors (Lipinski definition) is 2. The first kappa shape index (κ1) is 15.7. The predicted octanol–water partition coefficient (Wildman–Crippen LogP) is 4.10. The first-order valence-corrected chi connectivity index (χ1v) is 8.36. The SMILES string of the molecule is Cn1ccc(Cl)c(-c2ccc3cnn(Cc4ccccc4)c3c2)c1=O. The highest BCUT2D eigenvalue weighted by atomic mass is 35.5. The number of rotatable bonds is 3. The number of fused-ring (bicyclic) bond motifs is 1. The molecule has 0 N–H and O–H groups in total. The van der Waals surface area contributed by atoms with Gasteiger partial charge in [0.15, 0.2) is 0 Å². The second-order valence-corrected chi connectivity index (χ2v) is 6.42. The summed E-state index contributed by atoms with van der Waals surface area (Å²) in [7, 11) is 1.72. The molecular weight excluding hydrogens is 334 g/mol. The van der Waals surface area contributed by atoms with Gasteiger partial charge in [-0.3, -0.25) is 9.48 Å². The summed E-state index contributed by atoms with van der Waals surface area (Å²) in [4.78, 5) is 12.5. The zero-order valence-electron chi connectivity index (χ0n) is 13.7. The van der Waals surface area contributed by atoms with Gasteiger partial charge in [0.05, 0.1) is 28.8 Å². The lowest BCUT2D eigenvalue weighted by atomic mass is 10.1. The number of aromatic nitrogens is 3. The van der Waals surface area contributed by atoms with Crippen LogP contribution in [0.5, 0.6) is 0 Å². The number of aryl methyl sites for hydroxylation is 1. The number of pyridine rings is 1. The number of nitrogens with zero attached hydrogens (tertiary/aromatic N) is 3. The van der Waals surface area contributed by atoms with Crippen LogP contribution in [0.3, 0.4) is 0 Å². The van der Waals surface area contributed by atoms with E-state index in [2.05, 4.69) is 17.2 Å². The molecule has 4 rings (SSSR count). The lowest BCUT2D eigenvalue weighted by Crippen LogP contribution is -2.18. The molecule has 0 unspecified atom stereocenters. The third kappa shape index (κ3) is 2.85. The molecule has 0 atom stereocenters. The second kappa shape index (κ2) is 6.22. The summed E-state index contributed by atoms with van der Waals surface area (Å²) in [6.45, 7) is 0.675. The maximum atomic E-state index is 12.5. The Morgan fingerprint density at radius 2 is 1.88 bits per heavy atom. The summed E-state index contributed by atoms with van der Waals surface area (Å²) in [5.41, 5.74) is 3.35. The predicted molar refractivity (Wildman–Crippen MR) is 101 cm³/mol. The van der Waals surface area contributed by atoms with E-state index in [0.29, 0.717) is 17.1 Å². The van der Waals surface area contributed by atoms with Gasteiger partial charge in [-0.05, 0) is 23.3 Å². The molecule has 0 fully saturated rings. The van der Waals surface area contributed by atoms with Crippen molar-refractivity contribution in [3.8, 4) is 11.1 Å². The lowest BCUT2D eigenvalue weighted by Gasteiger charge is -2.08. The van der Waals surface area contributed by atoms with Crippen LogP contribution in [0.15, 0.2) is 71.8 Å². The van der Waals surface area contributed by atoms with Gasteiger partial charge in [0.2, 0.25) is 0 Å². The zero-order valence-corrected chi connectivity index (χ0v) is 14.4. The highest BCUT2D eigenvalue weighted by Crippen LogP contribution is 2.27. The summed E-state index contributed by atoms with van der Waals surface area (Å²) in [5, 5.41) is 5.97. The molecule has 0 amide bonds. The average molecular weight is 350 g/mol. The van der Waals surface area contributed by atoms with E-state index >= 15 is 0 Å². The Hall–Kier alpha value is -2.85. The Labute approximate surface area is 149 Å². The van der Waals surface area contributed by atoms with Gasteiger partial charge in [-0.1, -0.05) is 54.1 Å². The quantitative estimate of drug-likeness (QED) is 0.558. The fourth-order valence-corrected chi connectivity index (χ4v) is 3.22. The van der Waals surface area contributed by atoms with Crippen LogP contribution in [-0.2, 0) is 13.6 Å². The summed E-state index contributed by atoms with van der Waals surface area (Å²) >= 11 is 6.29. The van der Waals surface area contributed by atoms with Crippen molar-refractivity contribution in [1.29, 1.82) is 0 Å². The van der Waals surface area contributed by atoms with Crippen LogP contribution in [0.4, 0.5) is 0 Å². The van der Waals surface area contributed by atoms with E-state index in [1.165, 1.54) is 10.1 Å². The molecule has 0 aliphatic heterocycles. The molecule has 0 radical (unpaired) electrons. The molecule has 124 valence electrons. The molecule has 2 aromatic carbocycles. The number of hydrogen-bond donors (Lipinski definition) is 0. The van der Waals surface area contributed by atoms with Gasteiger partial charge in [-0.15, -0.1) is 0 Å². The molecule has 2 aromatic heterocycles. The van der Waals surface area contributed by atoms with Crippen LogP contribution in [-0.4, -0.2) is 14.3 Å². The minimum Gasteiger partial charge on any atom is -0.318 e. The monoisotopic (exact) mass is 349 g/mol. The highest BCUT2D eigenvalue weighted by molar-refractivity contribution is 6.33. The van der Waals surface area contributed by atoms with Gasteiger partial charge < -0.3 is 4.57 Å². The normalized spacial score (nSPS) is 11.1. The van der Waals surface area contributed by atoms with E-state index in [4.69, 9.17) is 11.6 Å². The van der Waals surface area contributed by atoms with Gasteiger partial charge in [-0.25, -0.2) is 0 Å². The van der Waals surface area contributed by atoms with Gasteiger partial charge in [0.25, 0.3) is 5.56 Å². The molecule has 0 aliphatic carbocycles. The molecule has 2 heterocycles. The fraction of sp³-hybridized carbons (Fsp3) is 0.100. The fourth-order valence-electron chi connectivity index (χ4n) is 2.98. The minimum absolute atomic E-state index is 0.110. The summed E-state index contributed by atoms with van der Waals surface area (Å²) in [5.74, 6) is 0. The first-order chi connectivity index (χ1) is 12.1. The Bertz CT molecular complexity index is 1110. The molecule has 4 aromatic rings. The summed E-state index contributed by atoms with van der Waals surface area (Å²) < 4.78 is 3.47. The van der Waals surface area contributed by atoms with Gasteiger partial charge >= 0.3 is 0 Å². The zero-order chi connectivity index (χ0) is 17.4. The minimum atomic E-state index is -0.110. The Kier molecular flexibility index (Phi) is 3.90. The maximum absolute atomic E-state index is 12.5. The molecular formula is C20H16ClN3O. The topological polar surface area (TPSA) is 39.8 Å². The lowest BCUT2D eigenvalue weighted by molar-refractivity contribution is 0.712. The average Bonchev–Trinajstić information content (AvgIpc) is 3.02. The Balaban J connectivity index is 1.85. The van der Waals surface area contributed by atoms with Gasteiger partial charge in [0.1, 0.15) is 0 Å². The Morgan fingerprint density at radius 1 is 1.08 bits per heavy atom. The molecule has 0 saturated carbocycles. The smallest absolute Gasteiger partial charge is 0.259 e. The molecule has 4 nitrogen and oxygen atoms in total. The summed E-state index contributed by atoms with van der Waals surface area (Å²) in [6.07, 6.45) is 3.51. The number of halogens is 1. The Morgan fingerprint density at radius 3 is 2.68 bits per heavy atom. The van der Waals surface area contributed by atoms with E-state index in [1.54, 1.807) is 19.3 Å². The highest BCUT2D eigenvalue weighted by Gasteiger charge is 2.12. The van der Waals surface area contributed by atoms with Crippen LogP contribution in [0, 0.1) is 0 Å².